The number of hydrogen-bond acceptors (Lipinski definition) is 2. The molecule has 6 rings (SSSR count). The van der Waals surface area contributed by atoms with Crippen molar-refractivity contribution < 1.29 is 5.11 Å². The minimum atomic E-state index is -1.10. The van der Waals surface area contributed by atoms with E-state index in [1.165, 1.54) is 5.56 Å². The molecule has 172 valence electrons. The topological polar surface area (TPSA) is 38.0 Å². The molecule has 0 fully saturated rings. The molecule has 0 spiro atoms. The molecule has 3 heteroatoms. The smallest absolute Gasteiger partial charge is 0.133 e. The maximum Gasteiger partial charge on any atom is 0.133 e. The van der Waals surface area contributed by atoms with Gasteiger partial charge >= 0.3 is 0 Å². The van der Waals surface area contributed by atoms with Crippen LogP contribution in [0.1, 0.15) is 46.4 Å². The first-order valence-corrected chi connectivity index (χ1v) is 12.3. The van der Waals surface area contributed by atoms with Crippen molar-refractivity contribution in [2.24, 2.45) is 0 Å². The Kier molecular flexibility index (Phi) is 5.35. The van der Waals surface area contributed by atoms with E-state index in [4.69, 9.17) is 4.98 Å². The third-order valence-electron chi connectivity index (χ3n) is 7.42. The number of nitrogens with zero attached hydrogens (tertiary/aromatic N) is 2. The quantitative estimate of drug-likeness (QED) is 0.315. The number of imidazole rings is 1. The summed E-state index contributed by atoms with van der Waals surface area (Å²) < 4.78 is 2.18. The van der Waals surface area contributed by atoms with E-state index in [0.717, 1.165) is 35.1 Å². The predicted octanol–water partition coefficient (Wildman–Crippen LogP) is 6.30. The molecule has 0 saturated carbocycles. The highest BCUT2D eigenvalue weighted by Crippen LogP contribution is 2.44. The minimum absolute atomic E-state index is 0.639. The summed E-state index contributed by atoms with van der Waals surface area (Å²) in [5, 5.41) is 12.0. The highest BCUT2D eigenvalue weighted by Gasteiger charge is 2.42. The fraction of sp³-hybridized carbons (Fsp3) is 0.156. The van der Waals surface area contributed by atoms with Crippen molar-refractivity contribution >= 4 is 0 Å². The molecule has 0 bridgehead atoms. The highest BCUT2D eigenvalue weighted by atomic mass is 16.3. The van der Waals surface area contributed by atoms with Crippen LogP contribution in [0.2, 0.25) is 0 Å². The first-order valence-electron chi connectivity index (χ1n) is 12.3. The summed E-state index contributed by atoms with van der Waals surface area (Å²) in [6, 6.07) is 39.9. The molecule has 1 heterocycles. The van der Waals surface area contributed by atoms with E-state index in [1.807, 2.05) is 36.7 Å². The Labute approximate surface area is 206 Å². The van der Waals surface area contributed by atoms with E-state index < -0.39 is 11.1 Å². The Bertz CT molecular complexity index is 1330. The molecule has 0 amide bonds. The summed E-state index contributed by atoms with van der Waals surface area (Å²) in [6.07, 6.45) is 6.52. The van der Waals surface area contributed by atoms with Crippen LogP contribution in [0.25, 0.3) is 0 Å². The molecule has 1 N–H and O–H groups in total. The van der Waals surface area contributed by atoms with Crippen LogP contribution in [0.5, 0.6) is 0 Å². The average molecular weight is 457 g/mol. The number of aliphatic hydroxyl groups is 1. The normalized spacial score (nSPS) is 17.6. The molecule has 35 heavy (non-hydrogen) atoms. The van der Waals surface area contributed by atoms with Crippen LogP contribution >= 0.6 is 0 Å². The lowest BCUT2D eigenvalue weighted by Gasteiger charge is -2.37. The van der Waals surface area contributed by atoms with Gasteiger partial charge in [0.05, 0.1) is 12.0 Å². The lowest BCUT2D eigenvalue weighted by molar-refractivity contribution is 0.0574. The van der Waals surface area contributed by atoms with Crippen molar-refractivity contribution in [3.05, 3.63) is 161 Å². The van der Waals surface area contributed by atoms with Gasteiger partial charge in [0.2, 0.25) is 0 Å². The van der Waals surface area contributed by atoms with E-state index in [-0.39, 0.29) is 0 Å². The standard InChI is InChI=1S/C32H28N2O/c35-31(22-12-14-25-13-10-11-21-29(25)31)30-23-34(24-33-30)32(26-15-4-1-5-16-26,27-17-6-2-7-18-27)28-19-8-3-9-20-28/h1-11,13,15-21,23-24,35H,12,14,22H2. The van der Waals surface area contributed by atoms with Gasteiger partial charge in [0.1, 0.15) is 11.1 Å². The zero-order chi connectivity index (χ0) is 23.7. The van der Waals surface area contributed by atoms with Gasteiger partial charge in [0.25, 0.3) is 0 Å². The van der Waals surface area contributed by atoms with Gasteiger partial charge in [-0.2, -0.15) is 0 Å². The molecule has 1 atom stereocenters. The fourth-order valence-corrected chi connectivity index (χ4v) is 5.78. The van der Waals surface area contributed by atoms with Crippen molar-refractivity contribution in [2.45, 2.75) is 30.4 Å². The SMILES string of the molecule is OC1(c2cn(C(c3ccccc3)(c3ccccc3)c3ccccc3)cn2)CCCc2ccccc21. The Morgan fingerprint density at radius 2 is 1.20 bits per heavy atom. The van der Waals surface area contributed by atoms with Crippen LogP contribution in [0, 0.1) is 0 Å². The van der Waals surface area contributed by atoms with Gasteiger partial charge in [-0.3, -0.25) is 0 Å². The molecule has 4 aromatic carbocycles. The lowest BCUT2D eigenvalue weighted by atomic mass is 9.76. The van der Waals surface area contributed by atoms with Gasteiger partial charge in [0.15, 0.2) is 0 Å². The molecule has 1 aliphatic rings. The van der Waals surface area contributed by atoms with Crippen LogP contribution < -0.4 is 0 Å². The monoisotopic (exact) mass is 456 g/mol. The Hall–Kier alpha value is -3.95. The third-order valence-corrected chi connectivity index (χ3v) is 7.42. The van der Waals surface area contributed by atoms with Crippen LogP contribution in [0.15, 0.2) is 128 Å². The molecular weight excluding hydrogens is 428 g/mol. The van der Waals surface area contributed by atoms with Gasteiger partial charge in [-0.15, -0.1) is 0 Å². The average Bonchev–Trinajstić information content (AvgIpc) is 3.43. The molecule has 3 nitrogen and oxygen atoms in total. The lowest BCUT2D eigenvalue weighted by Crippen LogP contribution is -2.37. The van der Waals surface area contributed by atoms with Crippen molar-refractivity contribution in [2.75, 3.05) is 0 Å². The van der Waals surface area contributed by atoms with Crippen molar-refractivity contribution in [1.82, 2.24) is 9.55 Å². The number of aromatic nitrogens is 2. The van der Waals surface area contributed by atoms with Crippen LogP contribution in [0.4, 0.5) is 0 Å². The van der Waals surface area contributed by atoms with Crippen molar-refractivity contribution in [1.29, 1.82) is 0 Å². The van der Waals surface area contributed by atoms with E-state index in [1.54, 1.807) is 0 Å². The van der Waals surface area contributed by atoms with Crippen LogP contribution in [-0.4, -0.2) is 14.7 Å². The van der Waals surface area contributed by atoms with E-state index in [9.17, 15) is 5.11 Å². The molecule has 1 aromatic heterocycles. The maximum atomic E-state index is 12.0. The summed E-state index contributed by atoms with van der Waals surface area (Å²) >= 11 is 0. The zero-order valence-corrected chi connectivity index (χ0v) is 19.6. The highest BCUT2D eigenvalue weighted by molar-refractivity contribution is 5.51. The molecular formula is C32H28N2O. The second-order valence-corrected chi connectivity index (χ2v) is 9.35. The Morgan fingerprint density at radius 1 is 0.686 bits per heavy atom. The summed E-state index contributed by atoms with van der Waals surface area (Å²) in [7, 11) is 0. The first-order chi connectivity index (χ1) is 17.2. The van der Waals surface area contributed by atoms with Crippen molar-refractivity contribution in [3.63, 3.8) is 0 Å². The second kappa shape index (κ2) is 8.68. The molecule has 0 saturated heterocycles. The van der Waals surface area contributed by atoms with E-state index in [0.29, 0.717) is 12.1 Å². The fourth-order valence-electron chi connectivity index (χ4n) is 5.78. The van der Waals surface area contributed by atoms with Crippen LogP contribution in [-0.2, 0) is 17.6 Å². The second-order valence-electron chi connectivity index (χ2n) is 9.35. The maximum absolute atomic E-state index is 12.0. The van der Waals surface area contributed by atoms with Crippen molar-refractivity contribution in [3.8, 4) is 0 Å². The molecule has 1 unspecified atom stereocenters. The predicted molar refractivity (Wildman–Crippen MR) is 139 cm³/mol. The van der Waals surface area contributed by atoms with Gasteiger partial charge in [-0.05, 0) is 47.1 Å². The molecule has 0 aliphatic heterocycles. The zero-order valence-electron chi connectivity index (χ0n) is 19.6. The van der Waals surface area contributed by atoms with E-state index >= 15 is 0 Å². The number of benzene rings is 4. The number of aryl methyl sites for hydroxylation is 1. The van der Waals surface area contributed by atoms with Gasteiger partial charge in [-0.25, -0.2) is 4.98 Å². The Balaban J connectivity index is 1.61. The van der Waals surface area contributed by atoms with Gasteiger partial charge in [-0.1, -0.05) is 115 Å². The largest absolute Gasteiger partial charge is 0.379 e. The third kappa shape index (κ3) is 3.43. The summed E-state index contributed by atoms with van der Waals surface area (Å²) in [5.41, 5.74) is 4.54. The number of rotatable bonds is 5. The van der Waals surface area contributed by atoms with Gasteiger partial charge < -0.3 is 9.67 Å². The van der Waals surface area contributed by atoms with Gasteiger partial charge in [0, 0.05) is 6.20 Å². The van der Waals surface area contributed by atoms with Crippen LogP contribution in [0.3, 0.4) is 0 Å². The number of hydrogen-bond donors (Lipinski definition) is 1. The molecule has 5 aromatic rings. The molecule has 1 aliphatic carbocycles. The summed E-state index contributed by atoms with van der Waals surface area (Å²) in [4.78, 5) is 4.87. The Morgan fingerprint density at radius 3 is 1.77 bits per heavy atom. The summed E-state index contributed by atoms with van der Waals surface area (Å²) in [6.45, 7) is 0. The molecule has 0 radical (unpaired) electrons. The minimum Gasteiger partial charge on any atom is -0.379 e. The van der Waals surface area contributed by atoms with E-state index in [2.05, 4.69) is 95.7 Å². The number of fused-ring (bicyclic) bond motifs is 1. The first kappa shape index (κ1) is 21.6. The summed E-state index contributed by atoms with van der Waals surface area (Å²) in [5.74, 6) is 0.